The van der Waals surface area contributed by atoms with Crippen molar-refractivity contribution in [3.05, 3.63) is 29.1 Å². The lowest BCUT2D eigenvalue weighted by molar-refractivity contribution is -0.123. The summed E-state index contributed by atoms with van der Waals surface area (Å²) < 4.78 is 18.0. The number of hydrogen-bond acceptors (Lipinski definition) is 5. The van der Waals surface area contributed by atoms with Gasteiger partial charge in [-0.2, -0.15) is 5.26 Å². The molecule has 100 valence electrons. The molecule has 1 aromatic rings. The SMILES string of the molecule is Cc1c(N)cc(C(=O)OCC(=O)NCC#N)cc1F. The lowest BCUT2D eigenvalue weighted by Crippen LogP contribution is -2.29. The second-order valence-corrected chi connectivity index (χ2v) is 3.68. The highest BCUT2D eigenvalue weighted by Crippen LogP contribution is 2.18. The zero-order valence-electron chi connectivity index (χ0n) is 10.2. The van der Waals surface area contributed by atoms with Crippen LogP contribution in [0.25, 0.3) is 0 Å². The topological polar surface area (TPSA) is 105 Å². The third-order valence-electron chi connectivity index (χ3n) is 2.32. The Kier molecular flexibility index (Phi) is 4.83. The number of ether oxygens (including phenoxy) is 1. The molecule has 0 bridgehead atoms. The largest absolute Gasteiger partial charge is 0.452 e. The molecule has 0 fully saturated rings. The fraction of sp³-hybridized carbons (Fsp3) is 0.250. The maximum Gasteiger partial charge on any atom is 0.338 e. The van der Waals surface area contributed by atoms with E-state index in [1.165, 1.54) is 13.0 Å². The highest BCUT2D eigenvalue weighted by atomic mass is 19.1. The zero-order chi connectivity index (χ0) is 14.4. The maximum atomic E-state index is 13.4. The Bertz CT molecular complexity index is 529. The van der Waals surface area contributed by atoms with Crippen molar-refractivity contribution >= 4 is 17.6 Å². The summed E-state index contributed by atoms with van der Waals surface area (Å²) in [5.74, 6) is -2.10. The number of nitrogens with one attached hydrogen (secondary N) is 1. The van der Waals surface area contributed by atoms with Crippen LogP contribution in [0.3, 0.4) is 0 Å². The van der Waals surface area contributed by atoms with E-state index in [1.807, 2.05) is 0 Å². The van der Waals surface area contributed by atoms with Gasteiger partial charge < -0.3 is 15.8 Å². The molecule has 1 rings (SSSR count). The smallest absolute Gasteiger partial charge is 0.338 e. The molecule has 0 atom stereocenters. The minimum absolute atomic E-state index is 0.0753. The first-order valence-electron chi connectivity index (χ1n) is 5.32. The number of hydrogen-bond donors (Lipinski definition) is 2. The standard InChI is InChI=1S/C12H12FN3O3/c1-7-9(13)4-8(5-10(7)15)12(18)19-6-11(17)16-3-2-14/h4-5H,3,6,15H2,1H3,(H,16,17). The van der Waals surface area contributed by atoms with Gasteiger partial charge in [-0.15, -0.1) is 0 Å². The second-order valence-electron chi connectivity index (χ2n) is 3.68. The lowest BCUT2D eigenvalue weighted by Gasteiger charge is -2.07. The average molecular weight is 265 g/mol. The molecule has 0 radical (unpaired) electrons. The summed E-state index contributed by atoms with van der Waals surface area (Å²) >= 11 is 0. The number of halogens is 1. The van der Waals surface area contributed by atoms with Gasteiger partial charge in [-0.25, -0.2) is 9.18 Å². The van der Waals surface area contributed by atoms with E-state index in [9.17, 15) is 14.0 Å². The van der Waals surface area contributed by atoms with Crippen molar-refractivity contribution in [1.82, 2.24) is 5.32 Å². The molecule has 0 aliphatic heterocycles. The number of rotatable bonds is 4. The quantitative estimate of drug-likeness (QED) is 0.469. The van der Waals surface area contributed by atoms with E-state index in [1.54, 1.807) is 6.07 Å². The van der Waals surface area contributed by atoms with Gasteiger partial charge in [-0.05, 0) is 19.1 Å². The van der Waals surface area contributed by atoms with Gasteiger partial charge in [0.15, 0.2) is 6.61 Å². The summed E-state index contributed by atoms with van der Waals surface area (Å²) in [7, 11) is 0. The van der Waals surface area contributed by atoms with E-state index in [-0.39, 0.29) is 23.4 Å². The molecule has 1 aromatic carbocycles. The van der Waals surface area contributed by atoms with Gasteiger partial charge in [0.25, 0.3) is 5.91 Å². The number of carbonyl (C=O) groups excluding carboxylic acids is 2. The number of nitrogen functional groups attached to an aromatic ring is 1. The minimum atomic E-state index is -0.863. The Labute approximate surface area is 109 Å². The van der Waals surface area contributed by atoms with Gasteiger partial charge in [0.1, 0.15) is 12.4 Å². The first-order valence-corrected chi connectivity index (χ1v) is 5.32. The van der Waals surface area contributed by atoms with E-state index < -0.39 is 24.3 Å². The van der Waals surface area contributed by atoms with Crippen LogP contribution in [0.2, 0.25) is 0 Å². The third-order valence-corrected chi connectivity index (χ3v) is 2.32. The summed E-state index contributed by atoms with van der Waals surface area (Å²) in [6.45, 7) is 0.757. The van der Waals surface area contributed by atoms with Gasteiger partial charge in [0.05, 0.1) is 11.6 Å². The second kappa shape index (κ2) is 6.35. The molecule has 7 heteroatoms. The molecule has 0 aliphatic rings. The molecule has 3 N–H and O–H groups in total. The molecule has 0 saturated carbocycles. The van der Waals surface area contributed by atoms with Crippen LogP contribution in [0, 0.1) is 24.1 Å². The summed E-state index contributed by atoms with van der Waals surface area (Å²) in [6.07, 6.45) is 0. The van der Waals surface area contributed by atoms with Crippen molar-refractivity contribution < 1.29 is 18.7 Å². The molecule has 6 nitrogen and oxygen atoms in total. The number of esters is 1. The molecule has 0 aliphatic carbocycles. The predicted octanol–water partition coefficient (Wildman–Crippen LogP) is 0.513. The number of carbonyl (C=O) groups is 2. The molecule has 0 spiro atoms. The molecule has 1 amide bonds. The Morgan fingerprint density at radius 2 is 2.21 bits per heavy atom. The first kappa shape index (κ1) is 14.4. The Hall–Kier alpha value is -2.62. The Balaban J connectivity index is 2.64. The van der Waals surface area contributed by atoms with E-state index in [0.717, 1.165) is 6.07 Å². The van der Waals surface area contributed by atoms with Crippen molar-refractivity contribution in [2.45, 2.75) is 6.92 Å². The fourth-order valence-corrected chi connectivity index (χ4v) is 1.22. The number of nitrogens with two attached hydrogens (primary N) is 1. The van der Waals surface area contributed by atoms with Crippen LogP contribution in [0.15, 0.2) is 12.1 Å². The Morgan fingerprint density at radius 3 is 2.79 bits per heavy atom. The van der Waals surface area contributed by atoms with Gasteiger partial charge in [-0.3, -0.25) is 4.79 Å². The highest BCUT2D eigenvalue weighted by molar-refractivity contribution is 5.92. The summed E-state index contributed by atoms with van der Waals surface area (Å²) in [5.41, 5.74) is 5.81. The van der Waals surface area contributed by atoms with E-state index in [2.05, 4.69) is 10.1 Å². The Morgan fingerprint density at radius 1 is 1.53 bits per heavy atom. The number of anilines is 1. The normalized spacial score (nSPS) is 9.53. The van der Waals surface area contributed by atoms with Crippen LogP contribution in [0.4, 0.5) is 10.1 Å². The predicted molar refractivity (Wildman–Crippen MR) is 64.5 cm³/mol. The van der Waals surface area contributed by atoms with Crippen molar-refractivity contribution in [2.75, 3.05) is 18.9 Å². The fourth-order valence-electron chi connectivity index (χ4n) is 1.22. The molecule has 19 heavy (non-hydrogen) atoms. The van der Waals surface area contributed by atoms with E-state index >= 15 is 0 Å². The third kappa shape index (κ3) is 3.96. The van der Waals surface area contributed by atoms with Crippen molar-refractivity contribution in [1.29, 1.82) is 5.26 Å². The molecular formula is C12H12FN3O3. The van der Waals surface area contributed by atoms with Gasteiger partial charge in [-0.1, -0.05) is 0 Å². The van der Waals surface area contributed by atoms with Crippen LogP contribution in [0.1, 0.15) is 15.9 Å². The summed E-state index contributed by atoms with van der Waals surface area (Å²) in [5, 5.41) is 10.4. The molecule has 0 saturated heterocycles. The minimum Gasteiger partial charge on any atom is -0.452 e. The molecule has 0 heterocycles. The molecule has 0 unspecified atom stereocenters. The van der Waals surface area contributed by atoms with Gasteiger partial charge >= 0.3 is 5.97 Å². The van der Waals surface area contributed by atoms with Crippen molar-refractivity contribution in [3.63, 3.8) is 0 Å². The first-order chi connectivity index (χ1) is 8.95. The maximum absolute atomic E-state index is 13.4. The molecular weight excluding hydrogens is 253 g/mol. The average Bonchev–Trinajstić information content (AvgIpc) is 2.39. The van der Waals surface area contributed by atoms with Crippen LogP contribution in [-0.4, -0.2) is 25.0 Å². The highest BCUT2D eigenvalue weighted by Gasteiger charge is 2.13. The number of nitrogens with zero attached hydrogens (tertiary/aromatic N) is 1. The van der Waals surface area contributed by atoms with Crippen LogP contribution in [0.5, 0.6) is 0 Å². The van der Waals surface area contributed by atoms with Gasteiger partial charge in [0, 0.05) is 11.3 Å². The lowest BCUT2D eigenvalue weighted by atomic mass is 10.1. The van der Waals surface area contributed by atoms with Crippen LogP contribution in [-0.2, 0) is 9.53 Å². The van der Waals surface area contributed by atoms with E-state index in [4.69, 9.17) is 11.0 Å². The summed E-state index contributed by atoms with van der Waals surface area (Å²) in [6, 6.07) is 3.96. The van der Waals surface area contributed by atoms with Crippen LogP contribution >= 0.6 is 0 Å². The van der Waals surface area contributed by atoms with E-state index in [0.29, 0.717) is 0 Å². The van der Waals surface area contributed by atoms with Crippen LogP contribution < -0.4 is 11.1 Å². The number of nitriles is 1. The monoisotopic (exact) mass is 265 g/mol. The summed E-state index contributed by atoms with van der Waals surface area (Å²) in [4.78, 5) is 22.6. The van der Waals surface area contributed by atoms with Crippen molar-refractivity contribution in [3.8, 4) is 6.07 Å². The number of amides is 1. The zero-order valence-corrected chi connectivity index (χ0v) is 10.2. The molecule has 0 aromatic heterocycles. The number of benzene rings is 1. The van der Waals surface area contributed by atoms with Crippen molar-refractivity contribution in [2.24, 2.45) is 0 Å². The van der Waals surface area contributed by atoms with Gasteiger partial charge in [0.2, 0.25) is 0 Å².